The molecule has 0 aliphatic rings. The van der Waals surface area contributed by atoms with Crippen LogP contribution in [0.3, 0.4) is 0 Å². The van der Waals surface area contributed by atoms with Crippen LogP contribution in [0, 0.1) is 5.92 Å². The fourth-order valence-corrected chi connectivity index (χ4v) is 5.55. The van der Waals surface area contributed by atoms with E-state index in [-0.39, 0.29) is 5.97 Å². The molecule has 37 heavy (non-hydrogen) atoms. The maximum Gasteiger partial charge on any atom is 0.305 e. The third kappa shape index (κ3) is 31.6. The quantitative estimate of drug-likeness (QED) is 0.0668. The standard InChI is InChI=1S/C35H70O2/c1-4-6-7-8-9-10-11-12-13-14-15-19-22-25-28-32-35(36)37-33-29-26-23-20-17-16-18-21-24-27-31-34(3)30-5-2/h34H,4-33H2,1-3H3. The molecule has 0 aliphatic heterocycles. The van der Waals surface area contributed by atoms with Crippen molar-refractivity contribution in [3.05, 3.63) is 0 Å². The van der Waals surface area contributed by atoms with E-state index in [1.807, 2.05) is 0 Å². The predicted octanol–water partition coefficient (Wildman–Crippen LogP) is 12.5. The molecule has 0 rings (SSSR count). The van der Waals surface area contributed by atoms with Crippen molar-refractivity contribution in [2.45, 2.75) is 207 Å². The number of unbranched alkanes of at least 4 members (excludes halogenated alkanes) is 23. The SMILES string of the molecule is CCCCCCCCCCCCCCCCCC(=O)OCCCCCCCCCCCCC(C)CCC. The van der Waals surface area contributed by atoms with Gasteiger partial charge in [0.1, 0.15) is 0 Å². The number of carbonyl (C=O) groups excluding carboxylic acids is 1. The molecule has 0 radical (unpaired) electrons. The van der Waals surface area contributed by atoms with E-state index < -0.39 is 0 Å². The maximum absolute atomic E-state index is 11.9. The molecule has 1 atom stereocenters. The van der Waals surface area contributed by atoms with Crippen molar-refractivity contribution in [1.82, 2.24) is 0 Å². The second-order valence-corrected chi connectivity index (χ2v) is 12.1. The van der Waals surface area contributed by atoms with Gasteiger partial charge in [0.25, 0.3) is 0 Å². The third-order valence-corrected chi connectivity index (χ3v) is 8.12. The lowest BCUT2D eigenvalue weighted by Gasteiger charge is -2.09. The fourth-order valence-electron chi connectivity index (χ4n) is 5.55. The van der Waals surface area contributed by atoms with Crippen LogP contribution in [0.25, 0.3) is 0 Å². The van der Waals surface area contributed by atoms with Gasteiger partial charge in [0.05, 0.1) is 6.61 Å². The van der Waals surface area contributed by atoms with Crippen molar-refractivity contribution in [3.63, 3.8) is 0 Å². The predicted molar refractivity (Wildman–Crippen MR) is 165 cm³/mol. The highest BCUT2D eigenvalue weighted by Gasteiger charge is 2.03. The first-order chi connectivity index (χ1) is 18.2. The average Bonchev–Trinajstić information content (AvgIpc) is 2.89. The molecule has 0 aromatic carbocycles. The van der Waals surface area contributed by atoms with Crippen LogP contribution >= 0.6 is 0 Å². The van der Waals surface area contributed by atoms with Crippen molar-refractivity contribution in [1.29, 1.82) is 0 Å². The molecule has 1 unspecified atom stereocenters. The average molecular weight is 523 g/mol. The summed E-state index contributed by atoms with van der Waals surface area (Å²) in [5, 5.41) is 0. The van der Waals surface area contributed by atoms with Gasteiger partial charge in [0, 0.05) is 6.42 Å². The van der Waals surface area contributed by atoms with Crippen LogP contribution < -0.4 is 0 Å². The molecular formula is C35H70O2. The molecule has 0 N–H and O–H groups in total. The topological polar surface area (TPSA) is 26.3 Å². The van der Waals surface area contributed by atoms with Crippen molar-refractivity contribution < 1.29 is 9.53 Å². The van der Waals surface area contributed by atoms with Gasteiger partial charge in [-0.3, -0.25) is 4.79 Å². The monoisotopic (exact) mass is 523 g/mol. The van der Waals surface area contributed by atoms with E-state index in [4.69, 9.17) is 4.74 Å². The number of esters is 1. The summed E-state index contributed by atoms with van der Waals surface area (Å²) in [4.78, 5) is 11.9. The summed E-state index contributed by atoms with van der Waals surface area (Å²) >= 11 is 0. The summed E-state index contributed by atoms with van der Waals surface area (Å²) in [5.74, 6) is 0.956. The Morgan fingerprint density at radius 2 is 0.838 bits per heavy atom. The van der Waals surface area contributed by atoms with Gasteiger partial charge in [-0.2, -0.15) is 0 Å². The Morgan fingerprint density at radius 1 is 0.459 bits per heavy atom. The molecule has 0 fully saturated rings. The fraction of sp³-hybridized carbons (Fsp3) is 0.971. The van der Waals surface area contributed by atoms with Crippen LogP contribution in [-0.2, 0) is 9.53 Å². The number of hydrogen-bond donors (Lipinski definition) is 0. The summed E-state index contributed by atoms with van der Waals surface area (Å²) in [6.45, 7) is 7.63. The summed E-state index contributed by atoms with van der Waals surface area (Å²) in [5.41, 5.74) is 0. The Kier molecular flexibility index (Phi) is 31.2. The zero-order valence-electron chi connectivity index (χ0n) is 26.1. The van der Waals surface area contributed by atoms with Gasteiger partial charge in [-0.05, 0) is 18.8 Å². The molecule has 0 saturated heterocycles. The molecular weight excluding hydrogens is 452 g/mol. The van der Waals surface area contributed by atoms with Crippen LogP contribution in [0.1, 0.15) is 207 Å². The Balaban J connectivity index is 3.17. The molecule has 0 aromatic heterocycles. The number of carbonyl (C=O) groups is 1. The second kappa shape index (κ2) is 31.7. The Hall–Kier alpha value is -0.530. The lowest BCUT2D eigenvalue weighted by Crippen LogP contribution is -2.05. The highest BCUT2D eigenvalue weighted by molar-refractivity contribution is 5.69. The summed E-state index contributed by atoms with van der Waals surface area (Å²) in [6, 6.07) is 0. The van der Waals surface area contributed by atoms with Gasteiger partial charge < -0.3 is 4.74 Å². The van der Waals surface area contributed by atoms with E-state index in [1.54, 1.807) is 0 Å². The van der Waals surface area contributed by atoms with E-state index in [2.05, 4.69) is 20.8 Å². The minimum Gasteiger partial charge on any atom is -0.466 e. The lowest BCUT2D eigenvalue weighted by atomic mass is 9.98. The molecule has 222 valence electrons. The van der Waals surface area contributed by atoms with Crippen LogP contribution in [0.2, 0.25) is 0 Å². The zero-order valence-corrected chi connectivity index (χ0v) is 26.1. The Labute approximate surface area is 234 Å². The van der Waals surface area contributed by atoms with Gasteiger partial charge in [-0.15, -0.1) is 0 Å². The van der Waals surface area contributed by atoms with Gasteiger partial charge >= 0.3 is 5.97 Å². The second-order valence-electron chi connectivity index (χ2n) is 12.1. The Morgan fingerprint density at radius 3 is 1.27 bits per heavy atom. The van der Waals surface area contributed by atoms with Gasteiger partial charge in [0.2, 0.25) is 0 Å². The Bertz CT molecular complexity index is 433. The van der Waals surface area contributed by atoms with Crippen molar-refractivity contribution in [2.24, 2.45) is 5.92 Å². The molecule has 0 bridgehead atoms. The first kappa shape index (κ1) is 36.5. The highest BCUT2D eigenvalue weighted by Crippen LogP contribution is 2.17. The van der Waals surface area contributed by atoms with Crippen LogP contribution in [0.15, 0.2) is 0 Å². The summed E-state index contributed by atoms with van der Waals surface area (Å²) in [6.07, 6.45) is 38.6. The lowest BCUT2D eigenvalue weighted by molar-refractivity contribution is -0.143. The molecule has 2 heteroatoms. The van der Waals surface area contributed by atoms with E-state index in [0.717, 1.165) is 18.8 Å². The van der Waals surface area contributed by atoms with Gasteiger partial charge in [0.15, 0.2) is 0 Å². The van der Waals surface area contributed by atoms with Gasteiger partial charge in [-0.1, -0.05) is 188 Å². The summed E-state index contributed by atoms with van der Waals surface area (Å²) in [7, 11) is 0. The van der Waals surface area contributed by atoms with E-state index in [0.29, 0.717) is 13.0 Å². The van der Waals surface area contributed by atoms with E-state index in [1.165, 1.54) is 167 Å². The normalized spacial score (nSPS) is 12.2. The molecule has 0 aliphatic carbocycles. The van der Waals surface area contributed by atoms with Crippen molar-refractivity contribution >= 4 is 5.97 Å². The first-order valence-corrected chi connectivity index (χ1v) is 17.4. The van der Waals surface area contributed by atoms with Crippen molar-refractivity contribution in [2.75, 3.05) is 6.61 Å². The van der Waals surface area contributed by atoms with Crippen LogP contribution in [-0.4, -0.2) is 12.6 Å². The largest absolute Gasteiger partial charge is 0.466 e. The molecule has 0 amide bonds. The number of hydrogen-bond acceptors (Lipinski definition) is 2. The zero-order chi connectivity index (χ0) is 27.1. The first-order valence-electron chi connectivity index (χ1n) is 17.4. The molecule has 2 nitrogen and oxygen atoms in total. The van der Waals surface area contributed by atoms with Gasteiger partial charge in [-0.25, -0.2) is 0 Å². The minimum atomic E-state index is 0.0266. The molecule has 0 aromatic rings. The van der Waals surface area contributed by atoms with Crippen LogP contribution in [0.5, 0.6) is 0 Å². The molecule has 0 saturated carbocycles. The van der Waals surface area contributed by atoms with Crippen molar-refractivity contribution in [3.8, 4) is 0 Å². The van der Waals surface area contributed by atoms with Crippen LogP contribution in [0.4, 0.5) is 0 Å². The molecule has 0 spiro atoms. The van der Waals surface area contributed by atoms with E-state index >= 15 is 0 Å². The minimum absolute atomic E-state index is 0.0266. The number of rotatable bonds is 31. The number of ether oxygens (including phenoxy) is 1. The molecule has 0 heterocycles. The summed E-state index contributed by atoms with van der Waals surface area (Å²) < 4.78 is 5.44. The van der Waals surface area contributed by atoms with E-state index in [9.17, 15) is 4.79 Å². The smallest absolute Gasteiger partial charge is 0.305 e. The third-order valence-electron chi connectivity index (χ3n) is 8.12. The highest BCUT2D eigenvalue weighted by atomic mass is 16.5. The maximum atomic E-state index is 11.9.